The summed E-state index contributed by atoms with van der Waals surface area (Å²) in [6, 6.07) is 6.09. The number of carboxylic acids is 1. The first kappa shape index (κ1) is 17.4. The molecule has 3 rings (SSSR count). The van der Waals surface area contributed by atoms with Crippen LogP contribution in [0.1, 0.15) is 30.1 Å². The monoisotopic (exact) mass is 396 g/mol. The molecule has 1 aromatic rings. The molecule has 2 aliphatic heterocycles. The molecule has 0 bridgehead atoms. The highest BCUT2D eigenvalue weighted by Gasteiger charge is 2.53. The molecule has 2 aliphatic rings. The Bertz CT molecular complexity index is 643. The lowest BCUT2D eigenvalue weighted by Gasteiger charge is -2.44. The number of piperidine rings is 1. The number of benzene rings is 1. The average Bonchev–Trinajstić information content (AvgIpc) is 2.94. The summed E-state index contributed by atoms with van der Waals surface area (Å²) in [6.45, 7) is 4.67. The summed E-state index contributed by atoms with van der Waals surface area (Å²) in [6.07, 6.45) is 1.26. The maximum atomic E-state index is 13.1. The van der Waals surface area contributed by atoms with Crippen LogP contribution < -0.4 is 0 Å². The van der Waals surface area contributed by atoms with E-state index in [0.29, 0.717) is 18.4 Å². The maximum Gasteiger partial charge on any atom is 0.328 e. The summed E-state index contributed by atoms with van der Waals surface area (Å²) in [4.78, 5) is 28.5. The average molecular weight is 397 g/mol. The van der Waals surface area contributed by atoms with E-state index in [1.54, 1.807) is 18.2 Å². The lowest BCUT2D eigenvalue weighted by atomic mass is 9.97. The van der Waals surface area contributed by atoms with E-state index in [4.69, 9.17) is 4.74 Å². The van der Waals surface area contributed by atoms with Crippen LogP contribution in [-0.2, 0) is 9.53 Å². The van der Waals surface area contributed by atoms with Crippen LogP contribution in [0.15, 0.2) is 28.7 Å². The van der Waals surface area contributed by atoms with E-state index in [-0.39, 0.29) is 12.5 Å². The zero-order valence-corrected chi connectivity index (χ0v) is 15.2. The van der Waals surface area contributed by atoms with Crippen molar-refractivity contribution in [1.82, 2.24) is 9.80 Å². The van der Waals surface area contributed by atoms with Crippen molar-refractivity contribution in [1.29, 1.82) is 0 Å². The molecule has 130 valence electrons. The van der Waals surface area contributed by atoms with Crippen molar-refractivity contribution in [2.75, 3.05) is 26.2 Å². The number of ether oxygens (including phenoxy) is 1. The molecular formula is C17H21BrN2O4. The third kappa shape index (κ3) is 3.08. The summed E-state index contributed by atoms with van der Waals surface area (Å²) < 4.78 is 6.71. The third-order valence-corrected chi connectivity index (χ3v) is 5.41. The van der Waals surface area contributed by atoms with Crippen molar-refractivity contribution in [2.24, 2.45) is 0 Å². The topological polar surface area (TPSA) is 70.1 Å². The molecule has 1 atom stereocenters. The first-order chi connectivity index (χ1) is 11.5. The van der Waals surface area contributed by atoms with E-state index < -0.39 is 17.7 Å². The molecule has 1 spiro atoms. The molecule has 2 heterocycles. The molecule has 0 aromatic heterocycles. The Morgan fingerprint density at radius 2 is 2.08 bits per heavy atom. The van der Waals surface area contributed by atoms with Gasteiger partial charge < -0.3 is 14.7 Å². The Morgan fingerprint density at radius 1 is 1.38 bits per heavy atom. The van der Waals surface area contributed by atoms with E-state index >= 15 is 0 Å². The van der Waals surface area contributed by atoms with Gasteiger partial charge in [-0.05, 0) is 24.7 Å². The number of carbonyl (C=O) groups is 2. The van der Waals surface area contributed by atoms with E-state index in [1.165, 1.54) is 4.90 Å². The predicted molar refractivity (Wildman–Crippen MR) is 91.8 cm³/mol. The van der Waals surface area contributed by atoms with Crippen LogP contribution in [-0.4, -0.2) is 64.8 Å². The third-order valence-electron chi connectivity index (χ3n) is 4.92. The number of amides is 1. The summed E-state index contributed by atoms with van der Waals surface area (Å²) >= 11 is 3.36. The molecule has 0 saturated carbocycles. The summed E-state index contributed by atoms with van der Waals surface area (Å²) in [5.41, 5.74) is -0.341. The Morgan fingerprint density at radius 3 is 2.67 bits per heavy atom. The van der Waals surface area contributed by atoms with Crippen LogP contribution in [0.3, 0.4) is 0 Å². The quantitative estimate of drug-likeness (QED) is 0.847. The van der Waals surface area contributed by atoms with Crippen LogP contribution in [0, 0.1) is 0 Å². The molecular weight excluding hydrogens is 376 g/mol. The van der Waals surface area contributed by atoms with Gasteiger partial charge in [0.1, 0.15) is 5.72 Å². The van der Waals surface area contributed by atoms with Gasteiger partial charge in [-0.15, -0.1) is 0 Å². The van der Waals surface area contributed by atoms with Gasteiger partial charge in [0.05, 0.1) is 6.61 Å². The van der Waals surface area contributed by atoms with Gasteiger partial charge >= 0.3 is 5.97 Å². The van der Waals surface area contributed by atoms with Gasteiger partial charge in [-0.2, -0.15) is 0 Å². The second kappa shape index (κ2) is 6.82. The molecule has 1 amide bonds. The second-order valence-electron chi connectivity index (χ2n) is 6.23. The summed E-state index contributed by atoms with van der Waals surface area (Å²) in [5.74, 6) is -1.31. The van der Waals surface area contributed by atoms with Gasteiger partial charge in [0.25, 0.3) is 5.91 Å². The highest BCUT2D eigenvalue weighted by Crippen LogP contribution is 2.38. The van der Waals surface area contributed by atoms with Crippen molar-refractivity contribution in [2.45, 2.75) is 31.5 Å². The van der Waals surface area contributed by atoms with E-state index in [2.05, 4.69) is 27.8 Å². The van der Waals surface area contributed by atoms with Gasteiger partial charge in [0.2, 0.25) is 0 Å². The lowest BCUT2D eigenvalue weighted by Crippen LogP contribution is -2.58. The molecule has 2 fully saturated rings. The number of halogens is 1. The Hall–Kier alpha value is -1.44. The van der Waals surface area contributed by atoms with Crippen molar-refractivity contribution in [3.63, 3.8) is 0 Å². The zero-order chi connectivity index (χ0) is 17.3. The van der Waals surface area contributed by atoms with Crippen LogP contribution in [0.5, 0.6) is 0 Å². The summed E-state index contributed by atoms with van der Waals surface area (Å²) in [5, 5.41) is 9.55. The van der Waals surface area contributed by atoms with Crippen LogP contribution in [0.25, 0.3) is 0 Å². The number of likely N-dealkylation sites (tertiary alicyclic amines) is 1. The number of carbonyl (C=O) groups excluding carboxylic acids is 1. The van der Waals surface area contributed by atoms with Gasteiger partial charge in [0.15, 0.2) is 6.04 Å². The second-order valence-corrected chi connectivity index (χ2v) is 7.15. The Kier molecular flexibility index (Phi) is 4.94. The minimum Gasteiger partial charge on any atom is -0.480 e. The number of hydrogen-bond acceptors (Lipinski definition) is 4. The van der Waals surface area contributed by atoms with Crippen LogP contribution >= 0.6 is 15.9 Å². The number of carboxylic acid groups (broad SMARTS) is 1. The maximum absolute atomic E-state index is 13.1. The molecule has 0 aliphatic carbocycles. The van der Waals surface area contributed by atoms with Crippen molar-refractivity contribution >= 4 is 27.8 Å². The summed E-state index contributed by atoms with van der Waals surface area (Å²) in [7, 11) is 0. The minimum atomic E-state index is -1.02. The highest BCUT2D eigenvalue weighted by molar-refractivity contribution is 9.10. The Labute approximate surface area is 149 Å². The number of hydrogen-bond donors (Lipinski definition) is 1. The smallest absolute Gasteiger partial charge is 0.328 e. The molecule has 7 heteroatoms. The molecule has 24 heavy (non-hydrogen) atoms. The fraction of sp³-hybridized carbons (Fsp3) is 0.529. The molecule has 0 radical (unpaired) electrons. The molecule has 1 N–H and O–H groups in total. The van der Waals surface area contributed by atoms with E-state index in [9.17, 15) is 14.7 Å². The Balaban J connectivity index is 1.92. The van der Waals surface area contributed by atoms with E-state index in [1.807, 2.05) is 6.07 Å². The first-order valence-electron chi connectivity index (χ1n) is 8.15. The molecule has 1 unspecified atom stereocenters. The molecule has 1 aromatic carbocycles. The molecule has 2 saturated heterocycles. The zero-order valence-electron chi connectivity index (χ0n) is 13.6. The van der Waals surface area contributed by atoms with Crippen molar-refractivity contribution < 1.29 is 19.4 Å². The fourth-order valence-corrected chi connectivity index (χ4v) is 3.93. The number of aliphatic carboxylic acids is 1. The SMILES string of the molecule is CCN1CCC2(CC1)OCC(C(=O)O)N2C(=O)c1cccc(Br)c1. The lowest BCUT2D eigenvalue weighted by molar-refractivity contribution is -0.143. The van der Waals surface area contributed by atoms with Gasteiger partial charge in [-0.1, -0.05) is 28.9 Å². The van der Waals surface area contributed by atoms with Crippen LogP contribution in [0.4, 0.5) is 0 Å². The van der Waals surface area contributed by atoms with Gasteiger partial charge in [-0.25, -0.2) is 4.79 Å². The van der Waals surface area contributed by atoms with Crippen molar-refractivity contribution in [3.05, 3.63) is 34.3 Å². The number of nitrogens with zero attached hydrogens (tertiary/aromatic N) is 2. The highest BCUT2D eigenvalue weighted by atomic mass is 79.9. The predicted octanol–water partition coefficient (Wildman–Crippen LogP) is 2.19. The number of rotatable bonds is 3. The van der Waals surface area contributed by atoms with Crippen molar-refractivity contribution in [3.8, 4) is 0 Å². The van der Waals surface area contributed by atoms with Crippen LogP contribution in [0.2, 0.25) is 0 Å². The largest absolute Gasteiger partial charge is 0.480 e. The fourth-order valence-electron chi connectivity index (χ4n) is 3.53. The normalized spacial score (nSPS) is 23.6. The first-order valence-corrected chi connectivity index (χ1v) is 8.94. The molecule has 6 nitrogen and oxygen atoms in total. The minimum absolute atomic E-state index is 0.0429. The van der Waals surface area contributed by atoms with Gasteiger partial charge in [-0.3, -0.25) is 9.69 Å². The van der Waals surface area contributed by atoms with E-state index in [0.717, 1.165) is 24.1 Å². The standard InChI is InChI=1S/C17H21BrN2O4/c1-2-19-8-6-17(7-9-19)20(14(11-24-17)16(22)23)15(21)12-4-3-5-13(18)10-12/h3-5,10,14H,2,6-9,11H2,1H3,(H,22,23). The van der Waals surface area contributed by atoms with Gasteiger partial charge in [0, 0.05) is 36.0 Å².